The summed E-state index contributed by atoms with van der Waals surface area (Å²) in [6.45, 7) is 0. The average Bonchev–Trinajstić information content (AvgIpc) is 3.21. The van der Waals surface area contributed by atoms with Crippen LogP contribution in [0.2, 0.25) is 0 Å². The Kier molecular flexibility index (Phi) is 8.43. The molecule has 0 saturated carbocycles. The summed E-state index contributed by atoms with van der Waals surface area (Å²) in [7, 11) is -2.81. The van der Waals surface area contributed by atoms with Gasteiger partial charge in [-0.3, -0.25) is 0 Å². The molecule has 0 spiro atoms. The molecule has 1 saturated heterocycles. The first-order valence-corrected chi connectivity index (χ1v) is 15.7. The normalized spacial score (nSPS) is 16.6. The lowest BCUT2D eigenvalue weighted by atomic mass is 9.53. The Balaban J connectivity index is 0.000000636. The Hall–Kier alpha value is -1.76. The molecule has 0 atom stereocenters. The number of rotatable bonds is 4. The summed E-state index contributed by atoms with van der Waals surface area (Å²) in [5, 5.41) is 0. The number of halogens is 2. The minimum Gasteiger partial charge on any atom is -0.338 e. The third kappa shape index (κ3) is 4.82. The van der Waals surface area contributed by atoms with Crippen LogP contribution in [0.1, 0.15) is 22.3 Å². The maximum absolute atomic E-state index is 7.44. The average molecular weight is 527 g/mol. The molecule has 174 valence electrons. The lowest BCUT2D eigenvalue weighted by molar-refractivity contribution is 0.392. The van der Waals surface area contributed by atoms with Crippen molar-refractivity contribution >= 4 is 37.5 Å². The van der Waals surface area contributed by atoms with Gasteiger partial charge in [-0.15, -0.1) is 0 Å². The molecule has 6 heteroatoms. The minimum absolute atomic E-state index is 0.230. The van der Waals surface area contributed by atoms with Gasteiger partial charge in [0.1, 0.15) is 0 Å². The Morgan fingerprint density at radius 1 is 0.529 bits per heavy atom. The first-order chi connectivity index (χ1) is 16.5. The summed E-state index contributed by atoms with van der Waals surface area (Å²) >= 11 is 11.6. The van der Waals surface area contributed by atoms with Crippen molar-refractivity contribution < 1.29 is 9.79 Å². The highest BCUT2D eigenvalue weighted by Crippen LogP contribution is 2.69. The molecular weight excluding hydrogens is 501 g/mol. The smallest absolute Gasteiger partial charge is 0.271 e. The Morgan fingerprint density at radius 3 is 0.941 bits per heavy atom. The summed E-state index contributed by atoms with van der Waals surface area (Å²) in [6, 6.07) is 44.0. The molecule has 1 aliphatic rings. The van der Waals surface area contributed by atoms with Gasteiger partial charge in [0.05, 0.1) is 0 Å². The second-order valence-electron chi connectivity index (χ2n) is 8.29. The summed E-state index contributed by atoms with van der Waals surface area (Å²) < 4.78 is 0. The van der Waals surface area contributed by atoms with E-state index in [2.05, 4.69) is 133 Å². The van der Waals surface area contributed by atoms with E-state index in [0.29, 0.717) is 0 Å². The van der Waals surface area contributed by atoms with E-state index in [4.69, 9.17) is 21.0 Å². The summed E-state index contributed by atoms with van der Waals surface area (Å²) in [6.07, 6.45) is 1.92. The summed E-state index contributed by atoms with van der Waals surface area (Å²) in [5.41, 5.74) is 4.91. The fourth-order valence-corrected chi connectivity index (χ4v) is 8.90. The third-order valence-electron chi connectivity index (χ3n) is 6.61. The van der Waals surface area contributed by atoms with Crippen LogP contribution in [-0.2, 0) is 10.8 Å². The first kappa shape index (κ1) is 25.3. The van der Waals surface area contributed by atoms with Crippen molar-refractivity contribution in [2.45, 2.75) is 10.8 Å². The van der Waals surface area contributed by atoms with E-state index in [1.165, 1.54) is 22.3 Å². The molecule has 34 heavy (non-hydrogen) atoms. The zero-order valence-corrected chi connectivity index (χ0v) is 21.8. The van der Waals surface area contributed by atoms with Crippen molar-refractivity contribution in [3.63, 3.8) is 0 Å². The molecule has 1 aliphatic heterocycles. The van der Waals surface area contributed by atoms with Gasteiger partial charge in [-0.25, -0.2) is 0 Å². The molecule has 0 radical (unpaired) electrons. The highest BCUT2D eigenvalue weighted by atomic mass is 35.7. The van der Waals surface area contributed by atoms with Gasteiger partial charge in [-0.2, -0.15) is 0 Å². The zero-order valence-electron chi connectivity index (χ0n) is 18.5. The maximum atomic E-state index is 7.44. The molecule has 0 unspecified atom stereocenters. The standard InChI is InChI=1S/C28H24ClP.ClH2O2P/c29-30-21-27(23-13-5-1-6-14-23,24-15-7-2-8-16-24)28(22-30,25-17-9-3-10-18-25)26-19-11-4-12-20-26;1-4(2)3/h1-20H,21-22H2;2-3H. The zero-order chi connectivity index (χ0) is 24.0. The predicted octanol–water partition coefficient (Wildman–Crippen LogP) is 8.05. The second kappa shape index (κ2) is 11.3. The molecule has 1 fully saturated rings. The van der Waals surface area contributed by atoms with Crippen LogP contribution in [-0.4, -0.2) is 22.1 Å². The Labute approximate surface area is 213 Å². The molecule has 1 heterocycles. The van der Waals surface area contributed by atoms with Gasteiger partial charge in [0.25, 0.3) is 7.73 Å². The highest BCUT2D eigenvalue weighted by molar-refractivity contribution is 7.84. The van der Waals surface area contributed by atoms with Gasteiger partial charge in [-0.05, 0) is 53.1 Å². The minimum atomic E-state index is -2.15. The summed E-state index contributed by atoms with van der Waals surface area (Å²) in [4.78, 5) is 14.9. The van der Waals surface area contributed by atoms with E-state index in [0.717, 1.165) is 12.3 Å². The van der Waals surface area contributed by atoms with Crippen LogP contribution >= 0.6 is 37.5 Å². The Bertz CT molecular complexity index is 987. The van der Waals surface area contributed by atoms with E-state index in [1.54, 1.807) is 0 Å². The third-order valence-corrected chi connectivity index (χ3v) is 8.96. The van der Waals surface area contributed by atoms with Crippen LogP contribution in [0.3, 0.4) is 0 Å². The second-order valence-corrected chi connectivity index (χ2v) is 12.7. The number of benzene rings is 4. The molecule has 5 rings (SSSR count). The van der Waals surface area contributed by atoms with Crippen LogP contribution in [0.15, 0.2) is 121 Å². The van der Waals surface area contributed by atoms with E-state index in [-0.39, 0.29) is 10.8 Å². The van der Waals surface area contributed by atoms with Gasteiger partial charge in [0, 0.05) is 10.8 Å². The van der Waals surface area contributed by atoms with Crippen LogP contribution < -0.4 is 0 Å². The fourth-order valence-electron chi connectivity index (χ4n) is 5.42. The quantitative estimate of drug-likeness (QED) is 0.264. The van der Waals surface area contributed by atoms with Gasteiger partial charge in [-0.1, -0.05) is 133 Å². The Morgan fingerprint density at radius 2 is 0.735 bits per heavy atom. The van der Waals surface area contributed by atoms with Crippen LogP contribution in [0.4, 0.5) is 0 Å². The van der Waals surface area contributed by atoms with E-state index >= 15 is 0 Å². The molecule has 4 aromatic rings. The van der Waals surface area contributed by atoms with E-state index in [9.17, 15) is 0 Å². The predicted molar refractivity (Wildman–Crippen MR) is 147 cm³/mol. The molecule has 0 aliphatic carbocycles. The molecule has 2 nitrogen and oxygen atoms in total. The van der Waals surface area contributed by atoms with E-state index < -0.39 is 15.0 Å². The van der Waals surface area contributed by atoms with Crippen LogP contribution in [0, 0.1) is 0 Å². The first-order valence-electron chi connectivity index (χ1n) is 11.0. The van der Waals surface area contributed by atoms with Crippen LogP contribution in [0.5, 0.6) is 0 Å². The highest BCUT2D eigenvalue weighted by Gasteiger charge is 2.61. The monoisotopic (exact) mass is 526 g/mol. The van der Waals surface area contributed by atoms with Crippen molar-refractivity contribution in [3.05, 3.63) is 144 Å². The van der Waals surface area contributed by atoms with Gasteiger partial charge in [0.2, 0.25) is 0 Å². The van der Waals surface area contributed by atoms with Gasteiger partial charge < -0.3 is 9.79 Å². The molecule has 2 N–H and O–H groups in total. The molecule has 4 aromatic carbocycles. The number of hydrogen-bond donors (Lipinski definition) is 2. The molecule has 0 bridgehead atoms. The van der Waals surface area contributed by atoms with Crippen molar-refractivity contribution in [1.29, 1.82) is 0 Å². The van der Waals surface area contributed by atoms with Crippen molar-refractivity contribution in [3.8, 4) is 0 Å². The van der Waals surface area contributed by atoms with E-state index in [1.807, 2.05) is 0 Å². The molecular formula is C28H26Cl2O2P2. The van der Waals surface area contributed by atoms with Crippen molar-refractivity contribution in [2.75, 3.05) is 12.3 Å². The van der Waals surface area contributed by atoms with Gasteiger partial charge >= 0.3 is 0 Å². The van der Waals surface area contributed by atoms with Crippen LogP contribution in [0.25, 0.3) is 0 Å². The SMILES string of the molecule is ClP1CC(c2ccccc2)(c2ccccc2)C(c2ccccc2)(c2ccccc2)C1.OP(O)Cl. The lowest BCUT2D eigenvalue weighted by Gasteiger charge is -2.48. The summed E-state index contributed by atoms with van der Waals surface area (Å²) in [5.74, 6) is 0. The lowest BCUT2D eigenvalue weighted by Crippen LogP contribution is -2.50. The molecule has 0 aromatic heterocycles. The topological polar surface area (TPSA) is 40.5 Å². The van der Waals surface area contributed by atoms with Crippen molar-refractivity contribution in [2.24, 2.45) is 0 Å². The number of hydrogen-bond acceptors (Lipinski definition) is 2. The maximum Gasteiger partial charge on any atom is 0.271 e. The van der Waals surface area contributed by atoms with Crippen molar-refractivity contribution in [1.82, 2.24) is 0 Å². The van der Waals surface area contributed by atoms with Gasteiger partial charge in [0.15, 0.2) is 0 Å². The fraction of sp³-hybridized carbons (Fsp3) is 0.143. The molecule has 0 amide bonds. The largest absolute Gasteiger partial charge is 0.338 e.